The smallest absolute Gasteiger partial charge is 0.255 e. The summed E-state index contributed by atoms with van der Waals surface area (Å²) in [6, 6.07) is 11.3. The second-order valence-electron chi connectivity index (χ2n) is 9.93. The molecular weight excluding hydrogens is 466 g/mol. The molecule has 0 spiro atoms. The number of ether oxygens (including phenoxy) is 1. The van der Waals surface area contributed by atoms with Gasteiger partial charge < -0.3 is 25.3 Å². The third-order valence-electron chi connectivity index (χ3n) is 7.15. The maximum absolute atomic E-state index is 13.5. The molecule has 0 saturated heterocycles. The average Bonchev–Trinajstić information content (AvgIpc) is 3.14. The topological polar surface area (TPSA) is 97.8 Å². The summed E-state index contributed by atoms with van der Waals surface area (Å²) in [6.45, 7) is 4.62. The standard InChI is InChI=1S/C30H37N3O4/c1-20(21(2)35)33(3)13-8-9-22-15-23-10-6-7-14-37-29(23)27(16-22)30(36)32-25(19-34)17-24-18-31-28-12-5-4-11-26(24)28/h4-5,11-12,15-16,18,20-21,25,31,34-35H,6-7,10,13-14,17,19H2,1-3H3,(H,32,36)/t20-,21-,25?/m1/s1. The molecule has 1 aliphatic heterocycles. The van der Waals surface area contributed by atoms with Crippen LogP contribution in [-0.2, 0) is 12.8 Å². The summed E-state index contributed by atoms with van der Waals surface area (Å²) < 4.78 is 6.02. The predicted octanol–water partition coefficient (Wildman–Crippen LogP) is 3.27. The quantitative estimate of drug-likeness (QED) is 0.354. The minimum absolute atomic E-state index is 0.0105. The predicted molar refractivity (Wildman–Crippen MR) is 146 cm³/mol. The number of carbonyl (C=O) groups is 1. The van der Waals surface area contributed by atoms with Crippen molar-refractivity contribution in [1.29, 1.82) is 0 Å². The molecule has 3 atom stereocenters. The Balaban J connectivity index is 1.56. The van der Waals surface area contributed by atoms with Crippen LogP contribution in [0.15, 0.2) is 42.6 Å². The van der Waals surface area contributed by atoms with E-state index >= 15 is 0 Å². The summed E-state index contributed by atoms with van der Waals surface area (Å²) in [4.78, 5) is 18.7. The Kier molecular flexibility index (Phi) is 8.88. The van der Waals surface area contributed by atoms with Gasteiger partial charge in [-0.2, -0.15) is 0 Å². The van der Waals surface area contributed by atoms with Gasteiger partial charge in [-0.05, 0) is 75.9 Å². The van der Waals surface area contributed by atoms with Crippen molar-refractivity contribution in [2.75, 3.05) is 26.8 Å². The van der Waals surface area contributed by atoms with Gasteiger partial charge in [-0.1, -0.05) is 30.0 Å². The summed E-state index contributed by atoms with van der Waals surface area (Å²) >= 11 is 0. The number of nitrogens with zero attached hydrogens (tertiary/aromatic N) is 1. The fourth-order valence-corrected chi connectivity index (χ4v) is 4.65. The minimum atomic E-state index is -0.449. The number of rotatable bonds is 8. The van der Waals surface area contributed by atoms with E-state index in [0.29, 0.717) is 30.9 Å². The van der Waals surface area contributed by atoms with E-state index in [1.54, 1.807) is 13.0 Å². The van der Waals surface area contributed by atoms with E-state index in [1.165, 1.54) is 0 Å². The molecule has 196 valence electrons. The van der Waals surface area contributed by atoms with E-state index < -0.39 is 12.1 Å². The highest BCUT2D eigenvalue weighted by Gasteiger charge is 2.23. The molecule has 1 unspecified atom stereocenters. The van der Waals surface area contributed by atoms with Crippen molar-refractivity contribution in [3.05, 3.63) is 64.8 Å². The van der Waals surface area contributed by atoms with Crippen LogP contribution in [0.3, 0.4) is 0 Å². The van der Waals surface area contributed by atoms with Gasteiger partial charge in [0, 0.05) is 28.7 Å². The number of likely N-dealkylation sites (N-methyl/N-ethyl adjacent to an activating group) is 1. The lowest BCUT2D eigenvalue weighted by Gasteiger charge is -2.24. The second-order valence-corrected chi connectivity index (χ2v) is 9.93. The highest BCUT2D eigenvalue weighted by Crippen LogP contribution is 2.30. The molecule has 0 saturated carbocycles. The first-order valence-electron chi connectivity index (χ1n) is 13.0. The van der Waals surface area contributed by atoms with Gasteiger partial charge in [-0.15, -0.1) is 0 Å². The molecule has 1 aromatic heterocycles. The van der Waals surface area contributed by atoms with Crippen molar-refractivity contribution >= 4 is 16.8 Å². The Labute approximate surface area is 218 Å². The zero-order chi connectivity index (χ0) is 26.4. The number of amides is 1. The third kappa shape index (κ3) is 6.53. The number of para-hydroxylation sites is 1. The van der Waals surface area contributed by atoms with Crippen molar-refractivity contribution in [3.8, 4) is 17.6 Å². The van der Waals surface area contributed by atoms with E-state index in [0.717, 1.165) is 46.9 Å². The van der Waals surface area contributed by atoms with Gasteiger partial charge in [-0.25, -0.2) is 0 Å². The first-order valence-corrected chi connectivity index (χ1v) is 13.0. The Morgan fingerprint density at radius 1 is 1.24 bits per heavy atom. The fraction of sp³-hybridized carbons (Fsp3) is 0.433. The third-order valence-corrected chi connectivity index (χ3v) is 7.15. The lowest BCUT2D eigenvalue weighted by atomic mass is 9.99. The number of benzene rings is 2. The van der Waals surface area contributed by atoms with Gasteiger partial charge in [0.05, 0.1) is 37.5 Å². The Morgan fingerprint density at radius 3 is 2.84 bits per heavy atom. The number of carbonyl (C=O) groups excluding carboxylic acids is 1. The monoisotopic (exact) mass is 503 g/mol. The summed E-state index contributed by atoms with van der Waals surface area (Å²) in [6.07, 6.45) is 4.72. The van der Waals surface area contributed by atoms with E-state index in [1.807, 2.05) is 55.4 Å². The lowest BCUT2D eigenvalue weighted by molar-refractivity contribution is 0.0912. The molecule has 0 fully saturated rings. The number of aromatic nitrogens is 1. The molecule has 4 N–H and O–H groups in total. The molecule has 1 aliphatic rings. The van der Waals surface area contributed by atoms with Gasteiger partial charge >= 0.3 is 0 Å². The van der Waals surface area contributed by atoms with Crippen LogP contribution in [0, 0.1) is 11.8 Å². The molecule has 0 aliphatic carbocycles. The molecule has 37 heavy (non-hydrogen) atoms. The van der Waals surface area contributed by atoms with Crippen molar-refractivity contribution in [2.24, 2.45) is 0 Å². The number of fused-ring (bicyclic) bond motifs is 2. The number of aliphatic hydroxyl groups is 2. The highest BCUT2D eigenvalue weighted by molar-refractivity contribution is 5.98. The Morgan fingerprint density at radius 2 is 2.05 bits per heavy atom. The summed E-state index contributed by atoms with van der Waals surface area (Å²) in [5.74, 6) is 6.71. The van der Waals surface area contributed by atoms with Crippen LogP contribution in [0.25, 0.3) is 10.9 Å². The van der Waals surface area contributed by atoms with Crippen molar-refractivity contribution in [2.45, 2.75) is 57.7 Å². The van der Waals surface area contributed by atoms with Crippen molar-refractivity contribution in [1.82, 2.24) is 15.2 Å². The zero-order valence-electron chi connectivity index (χ0n) is 21.9. The first kappa shape index (κ1) is 26.7. The summed E-state index contributed by atoms with van der Waals surface area (Å²) in [5.41, 5.74) is 4.26. The van der Waals surface area contributed by atoms with Crippen LogP contribution in [-0.4, -0.2) is 71.0 Å². The van der Waals surface area contributed by atoms with Crippen LogP contribution in [0.4, 0.5) is 0 Å². The highest BCUT2D eigenvalue weighted by atomic mass is 16.5. The summed E-state index contributed by atoms with van der Waals surface area (Å²) in [5, 5.41) is 24.0. The maximum Gasteiger partial charge on any atom is 0.255 e. The molecule has 4 rings (SSSR count). The number of nitrogens with one attached hydrogen (secondary N) is 2. The van der Waals surface area contributed by atoms with Gasteiger partial charge in [0.2, 0.25) is 0 Å². The number of hydrogen-bond acceptors (Lipinski definition) is 5. The molecule has 1 amide bonds. The van der Waals surface area contributed by atoms with Crippen molar-refractivity contribution in [3.63, 3.8) is 0 Å². The van der Waals surface area contributed by atoms with E-state index in [-0.39, 0.29) is 18.6 Å². The lowest BCUT2D eigenvalue weighted by Crippen LogP contribution is -2.39. The van der Waals surface area contributed by atoms with E-state index in [9.17, 15) is 15.0 Å². The number of aryl methyl sites for hydroxylation is 1. The van der Waals surface area contributed by atoms with E-state index in [4.69, 9.17) is 4.74 Å². The van der Waals surface area contributed by atoms with Gasteiger partial charge in [0.25, 0.3) is 5.91 Å². The zero-order valence-corrected chi connectivity index (χ0v) is 21.9. The Hall–Kier alpha value is -3.31. The largest absolute Gasteiger partial charge is 0.492 e. The molecule has 2 heterocycles. The minimum Gasteiger partial charge on any atom is -0.492 e. The van der Waals surface area contributed by atoms with Crippen LogP contribution in [0.2, 0.25) is 0 Å². The molecule has 7 nitrogen and oxygen atoms in total. The number of hydrogen-bond donors (Lipinski definition) is 4. The maximum atomic E-state index is 13.5. The van der Waals surface area contributed by atoms with Gasteiger partial charge in [-0.3, -0.25) is 9.69 Å². The molecule has 3 aromatic rings. The number of aromatic amines is 1. The fourth-order valence-electron chi connectivity index (χ4n) is 4.65. The summed E-state index contributed by atoms with van der Waals surface area (Å²) in [7, 11) is 1.93. The van der Waals surface area contributed by atoms with Crippen LogP contribution in [0.1, 0.15) is 53.7 Å². The number of H-pyrrole nitrogens is 1. The molecule has 2 aromatic carbocycles. The van der Waals surface area contributed by atoms with Crippen LogP contribution >= 0.6 is 0 Å². The molecule has 0 radical (unpaired) electrons. The first-order chi connectivity index (χ1) is 17.9. The number of aliphatic hydroxyl groups excluding tert-OH is 2. The Bertz CT molecular complexity index is 1290. The van der Waals surface area contributed by atoms with Gasteiger partial charge in [0.15, 0.2) is 0 Å². The van der Waals surface area contributed by atoms with Crippen LogP contribution < -0.4 is 10.1 Å². The van der Waals surface area contributed by atoms with Gasteiger partial charge in [0.1, 0.15) is 5.75 Å². The van der Waals surface area contributed by atoms with Crippen molar-refractivity contribution < 1.29 is 19.7 Å². The normalized spacial score (nSPS) is 15.6. The SMILES string of the molecule is C[C@H]([C@@H](C)O)N(C)CC#Cc1cc2c(c(C(=O)NC(CO)Cc3c[nH]c4ccccc34)c1)OCCCC2. The van der Waals surface area contributed by atoms with E-state index in [2.05, 4.69) is 22.1 Å². The average molecular weight is 504 g/mol. The molecular formula is C30H37N3O4. The molecule has 7 heteroatoms. The second kappa shape index (κ2) is 12.3. The van der Waals surface area contributed by atoms with Crippen LogP contribution in [0.5, 0.6) is 5.75 Å². The molecule has 0 bridgehead atoms.